The van der Waals surface area contributed by atoms with Gasteiger partial charge in [0.05, 0.1) is 7.11 Å². The van der Waals surface area contributed by atoms with Gasteiger partial charge in [-0.05, 0) is 39.7 Å². The molecule has 0 saturated carbocycles. The van der Waals surface area contributed by atoms with Crippen LogP contribution in [0.4, 0.5) is 0 Å². The third kappa shape index (κ3) is 2.62. The Kier molecular flexibility index (Phi) is 3.41. The van der Waals surface area contributed by atoms with E-state index in [1.807, 2.05) is 0 Å². The van der Waals surface area contributed by atoms with Crippen LogP contribution in [0.2, 0.25) is 0 Å². The highest BCUT2D eigenvalue weighted by Gasteiger charge is 2.39. The first-order chi connectivity index (χ1) is 7.26. The minimum atomic E-state index is -0.728. The molecule has 90 valence electrons. The van der Waals surface area contributed by atoms with Crippen LogP contribution in [-0.4, -0.2) is 24.5 Å². The van der Waals surface area contributed by atoms with E-state index in [0.29, 0.717) is 12.2 Å². The normalized spacial score (nSPS) is 21.3. The van der Waals surface area contributed by atoms with Crippen LogP contribution < -0.4 is 0 Å². The number of allylic oxidation sites excluding steroid dienone is 2. The van der Waals surface area contributed by atoms with Gasteiger partial charge in [-0.2, -0.15) is 0 Å². The summed E-state index contributed by atoms with van der Waals surface area (Å²) in [5.74, 6) is -1.16. The van der Waals surface area contributed by atoms with Crippen molar-refractivity contribution >= 4 is 11.8 Å². The molecule has 0 bridgehead atoms. The fourth-order valence-corrected chi connectivity index (χ4v) is 1.70. The molecule has 0 aliphatic heterocycles. The number of carbonyl (C=O) groups is 2. The first-order valence-corrected chi connectivity index (χ1v) is 5.27. The van der Waals surface area contributed by atoms with Gasteiger partial charge in [0.15, 0.2) is 5.76 Å². The first kappa shape index (κ1) is 12.7. The predicted molar refractivity (Wildman–Crippen MR) is 58.7 cm³/mol. The maximum atomic E-state index is 11.8. The summed E-state index contributed by atoms with van der Waals surface area (Å²) in [6, 6.07) is 0. The molecule has 0 radical (unpaired) electrons. The Bertz CT molecular complexity index is 347. The maximum Gasteiger partial charge on any atom is 0.317 e. The summed E-state index contributed by atoms with van der Waals surface area (Å²) in [6.45, 7) is 7.13. The molecule has 0 saturated heterocycles. The number of Topliss-reactive ketones (excluding diaryl/α,β-unsaturated/α-hetero) is 1. The lowest BCUT2D eigenvalue weighted by Crippen LogP contribution is -2.31. The zero-order valence-electron chi connectivity index (χ0n) is 10.4. The van der Waals surface area contributed by atoms with Crippen molar-refractivity contribution in [2.45, 2.75) is 39.7 Å². The molecular formula is C12H18O4. The number of ketones is 1. The van der Waals surface area contributed by atoms with Crippen molar-refractivity contribution in [3.05, 3.63) is 11.3 Å². The summed E-state index contributed by atoms with van der Waals surface area (Å²) in [7, 11) is 1.44. The third-order valence-corrected chi connectivity index (χ3v) is 2.33. The van der Waals surface area contributed by atoms with E-state index in [1.165, 1.54) is 7.11 Å². The molecule has 0 heterocycles. The van der Waals surface area contributed by atoms with Crippen LogP contribution in [0.3, 0.4) is 0 Å². The van der Waals surface area contributed by atoms with E-state index in [4.69, 9.17) is 9.47 Å². The van der Waals surface area contributed by atoms with Gasteiger partial charge in [0.1, 0.15) is 11.5 Å². The van der Waals surface area contributed by atoms with E-state index in [0.717, 1.165) is 5.57 Å². The van der Waals surface area contributed by atoms with Crippen LogP contribution in [0.25, 0.3) is 0 Å². The van der Waals surface area contributed by atoms with Gasteiger partial charge in [-0.15, -0.1) is 0 Å². The van der Waals surface area contributed by atoms with Crippen molar-refractivity contribution < 1.29 is 19.1 Å². The SMILES string of the molecule is COC1=C(C)CC(C(=O)OC(C)(C)C)C1=O. The molecule has 0 N–H and O–H groups in total. The van der Waals surface area contributed by atoms with E-state index in [2.05, 4.69) is 0 Å². The molecule has 1 aliphatic carbocycles. The molecule has 0 spiro atoms. The van der Waals surface area contributed by atoms with Gasteiger partial charge >= 0.3 is 5.97 Å². The highest BCUT2D eigenvalue weighted by atomic mass is 16.6. The predicted octanol–water partition coefficient (Wildman–Crippen LogP) is 1.84. The second kappa shape index (κ2) is 4.28. The molecule has 4 nitrogen and oxygen atoms in total. The highest BCUT2D eigenvalue weighted by Crippen LogP contribution is 2.30. The minimum Gasteiger partial charge on any atom is -0.493 e. The smallest absolute Gasteiger partial charge is 0.317 e. The summed E-state index contributed by atoms with van der Waals surface area (Å²) in [5, 5.41) is 0. The van der Waals surface area contributed by atoms with Crippen molar-refractivity contribution in [3.8, 4) is 0 Å². The number of rotatable bonds is 2. The molecule has 1 rings (SSSR count). The molecule has 0 aromatic carbocycles. The van der Waals surface area contributed by atoms with Gasteiger partial charge in [-0.1, -0.05) is 0 Å². The average Bonchev–Trinajstić information content (AvgIpc) is 2.38. The van der Waals surface area contributed by atoms with E-state index >= 15 is 0 Å². The van der Waals surface area contributed by atoms with Crippen LogP contribution in [0.5, 0.6) is 0 Å². The van der Waals surface area contributed by atoms with E-state index in [1.54, 1.807) is 27.7 Å². The molecule has 0 aromatic heterocycles. The maximum absolute atomic E-state index is 11.8. The lowest BCUT2D eigenvalue weighted by molar-refractivity contribution is -0.161. The Hall–Kier alpha value is -1.32. The van der Waals surface area contributed by atoms with Crippen molar-refractivity contribution in [3.63, 3.8) is 0 Å². The van der Waals surface area contributed by atoms with Gasteiger partial charge in [0.2, 0.25) is 5.78 Å². The van der Waals surface area contributed by atoms with Gasteiger partial charge in [-0.25, -0.2) is 0 Å². The summed E-state index contributed by atoms with van der Waals surface area (Å²) in [4.78, 5) is 23.5. The molecule has 0 fully saturated rings. The van der Waals surface area contributed by atoms with Gasteiger partial charge in [0, 0.05) is 0 Å². The van der Waals surface area contributed by atoms with Crippen LogP contribution in [0.15, 0.2) is 11.3 Å². The number of hydrogen-bond donors (Lipinski definition) is 0. The van der Waals surface area contributed by atoms with E-state index in [9.17, 15) is 9.59 Å². The monoisotopic (exact) mass is 226 g/mol. The second-order valence-electron chi connectivity index (χ2n) is 4.97. The van der Waals surface area contributed by atoms with Gasteiger partial charge in [-0.3, -0.25) is 9.59 Å². The summed E-state index contributed by atoms with van der Waals surface area (Å²) < 4.78 is 10.2. The number of hydrogen-bond acceptors (Lipinski definition) is 4. The van der Waals surface area contributed by atoms with Crippen LogP contribution in [-0.2, 0) is 19.1 Å². The standard InChI is InChI=1S/C12H18O4/c1-7-6-8(9(13)10(7)15-5)11(14)16-12(2,3)4/h8H,6H2,1-5H3. The molecule has 4 heteroatoms. The molecule has 1 aliphatic rings. The molecular weight excluding hydrogens is 208 g/mol. The Balaban J connectivity index is 2.74. The summed E-state index contributed by atoms with van der Waals surface area (Å²) in [6.07, 6.45) is 0.400. The Morgan fingerprint density at radius 3 is 2.31 bits per heavy atom. The molecule has 1 atom stereocenters. The van der Waals surface area contributed by atoms with Crippen LogP contribution >= 0.6 is 0 Å². The third-order valence-electron chi connectivity index (χ3n) is 2.33. The van der Waals surface area contributed by atoms with Crippen molar-refractivity contribution in [1.82, 2.24) is 0 Å². The molecule has 16 heavy (non-hydrogen) atoms. The lowest BCUT2D eigenvalue weighted by atomic mass is 10.0. The van der Waals surface area contributed by atoms with Gasteiger partial charge in [0.25, 0.3) is 0 Å². The van der Waals surface area contributed by atoms with Crippen LogP contribution in [0.1, 0.15) is 34.1 Å². The summed E-state index contributed by atoms with van der Waals surface area (Å²) >= 11 is 0. The molecule has 0 aromatic rings. The second-order valence-corrected chi connectivity index (χ2v) is 4.97. The number of methoxy groups -OCH3 is 1. The lowest BCUT2D eigenvalue weighted by Gasteiger charge is -2.21. The largest absolute Gasteiger partial charge is 0.493 e. The quantitative estimate of drug-likeness (QED) is 0.532. The fraction of sp³-hybridized carbons (Fsp3) is 0.667. The van der Waals surface area contributed by atoms with Crippen molar-refractivity contribution in [1.29, 1.82) is 0 Å². The Labute approximate surface area is 95.6 Å². The average molecular weight is 226 g/mol. The van der Waals surface area contributed by atoms with Crippen molar-refractivity contribution in [2.24, 2.45) is 5.92 Å². The van der Waals surface area contributed by atoms with E-state index in [-0.39, 0.29) is 5.78 Å². The minimum absolute atomic E-state index is 0.269. The topological polar surface area (TPSA) is 52.6 Å². The fourth-order valence-electron chi connectivity index (χ4n) is 1.70. The van der Waals surface area contributed by atoms with Crippen LogP contribution in [0, 0.1) is 5.92 Å². The zero-order valence-corrected chi connectivity index (χ0v) is 10.4. The van der Waals surface area contributed by atoms with Crippen molar-refractivity contribution in [2.75, 3.05) is 7.11 Å². The summed E-state index contributed by atoms with van der Waals surface area (Å²) in [5.41, 5.74) is 0.240. The van der Waals surface area contributed by atoms with Gasteiger partial charge < -0.3 is 9.47 Å². The molecule has 0 amide bonds. The number of carbonyl (C=O) groups excluding carboxylic acids is 2. The van der Waals surface area contributed by atoms with E-state index < -0.39 is 17.5 Å². The zero-order chi connectivity index (χ0) is 12.5. The Morgan fingerprint density at radius 2 is 1.94 bits per heavy atom. The first-order valence-electron chi connectivity index (χ1n) is 5.27. The Morgan fingerprint density at radius 1 is 1.38 bits per heavy atom. The number of esters is 1. The number of ether oxygens (including phenoxy) is 2. The highest BCUT2D eigenvalue weighted by molar-refractivity contribution is 6.10. The molecule has 1 unspecified atom stereocenters.